The molecule has 2 heterocycles. The molecule has 24 heavy (non-hydrogen) atoms. The van der Waals surface area contributed by atoms with Crippen LogP contribution >= 0.6 is 24.0 Å². The van der Waals surface area contributed by atoms with Gasteiger partial charge in [0.25, 0.3) is 0 Å². The van der Waals surface area contributed by atoms with Crippen LogP contribution in [0.1, 0.15) is 34.1 Å². The maximum absolute atomic E-state index is 5.50. The Hall–Kier alpha value is -0.0800. The van der Waals surface area contributed by atoms with Gasteiger partial charge in [0, 0.05) is 52.4 Å². The van der Waals surface area contributed by atoms with Gasteiger partial charge in [0.15, 0.2) is 5.96 Å². The van der Waals surface area contributed by atoms with Crippen molar-refractivity contribution in [1.82, 2.24) is 15.1 Å². The molecule has 3 rings (SSSR count). The third-order valence-corrected chi connectivity index (χ3v) is 6.72. The van der Waals surface area contributed by atoms with Gasteiger partial charge in [-0.3, -0.25) is 9.89 Å². The number of hydrogen-bond acceptors (Lipinski definition) is 3. The zero-order valence-corrected chi connectivity index (χ0v) is 18.3. The molecule has 1 unspecified atom stereocenters. The van der Waals surface area contributed by atoms with Crippen molar-refractivity contribution < 1.29 is 4.74 Å². The fraction of sp³-hybridized carbons (Fsp3) is 0.944. The Bertz CT molecular complexity index is 438. The molecule has 0 aromatic rings. The van der Waals surface area contributed by atoms with Crippen LogP contribution in [0.25, 0.3) is 0 Å². The van der Waals surface area contributed by atoms with Gasteiger partial charge < -0.3 is 15.0 Å². The van der Waals surface area contributed by atoms with Crippen LogP contribution in [-0.4, -0.2) is 74.8 Å². The molecule has 5 nitrogen and oxygen atoms in total. The van der Waals surface area contributed by atoms with Crippen LogP contribution in [0.15, 0.2) is 4.99 Å². The zero-order valence-electron chi connectivity index (χ0n) is 16.0. The van der Waals surface area contributed by atoms with Gasteiger partial charge in [-0.05, 0) is 23.2 Å². The van der Waals surface area contributed by atoms with E-state index in [1.54, 1.807) is 0 Å². The molecule has 1 aliphatic carbocycles. The van der Waals surface area contributed by atoms with Crippen molar-refractivity contribution >= 4 is 29.9 Å². The molecular weight excluding hydrogens is 415 g/mol. The molecule has 2 aliphatic heterocycles. The van der Waals surface area contributed by atoms with E-state index in [4.69, 9.17) is 4.74 Å². The number of rotatable bonds is 3. The van der Waals surface area contributed by atoms with Gasteiger partial charge >= 0.3 is 0 Å². The van der Waals surface area contributed by atoms with E-state index in [-0.39, 0.29) is 24.0 Å². The molecule has 0 spiro atoms. The fourth-order valence-electron chi connectivity index (χ4n) is 4.22. The van der Waals surface area contributed by atoms with Gasteiger partial charge in [0.1, 0.15) is 0 Å². The lowest BCUT2D eigenvalue weighted by Gasteiger charge is -2.37. The van der Waals surface area contributed by atoms with Crippen LogP contribution in [-0.2, 0) is 4.74 Å². The molecule has 6 heteroatoms. The molecule has 2 saturated heterocycles. The second-order valence-electron chi connectivity index (χ2n) is 8.59. The molecule has 3 fully saturated rings. The Morgan fingerprint density at radius 2 is 1.75 bits per heavy atom. The largest absolute Gasteiger partial charge is 0.381 e. The Labute approximate surface area is 164 Å². The molecule has 1 atom stereocenters. The van der Waals surface area contributed by atoms with Gasteiger partial charge in [-0.1, -0.05) is 27.7 Å². The average molecular weight is 450 g/mol. The van der Waals surface area contributed by atoms with E-state index in [1.165, 1.54) is 13.0 Å². The lowest BCUT2D eigenvalue weighted by Crippen LogP contribution is -2.54. The third-order valence-electron chi connectivity index (χ3n) is 6.72. The van der Waals surface area contributed by atoms with E-state index < -0.39 is 0 Å². The van der Waals surface area contributed by atoms with Gasteiger partial charge in [-0.2, -0.15) is 0 Å². The lowest BCUT2D eigenvalue weighted by atomic mass is 10.0. The van der Waals surface area contributed by atoms with Crippen LogP contribution in [0, 0.1) is 16.7 Å². The number of nitrogens with one attached hydrogen (secondary N) is 1. The molecule has 3 aliphatic rings. The first-order valence-electron chi connectivity index (χ1n) is 9.14. The molecule has 1 saturated carbocycles. The van der Waals surface area contributed by atoms with Crippen molar-refractivity contribution in [3.63, 3.8) is 0 Å². The fourth-order valence-corrected chi connectivity index (χ4v) is 4.22. The lowest BCUT2D eigenvalue weighted by molar-refractivity contribution is 0.139. The summed E-state index contributed by atoms with van der Waals surface area (Å²) < 4.78 is 5.50. The summed E-state index contributed by atoms with van der Waals surface area (Å²) >= 11 is 0. The quantitative estimate of drug-likeness (QED) is 0.407. The minimum Gasteiger partial charge on any atom is -0.381 e. The molecular formula is C18H35IN4O. The maximum atomic E-state index is 5.50. The normalized spacial score (nSPS) is 30.1. The molecule has 0 amide bonds. The molecule has 0 aromatic heterocycles. The highest BCUT2D eigenvalue weighted by atomic mass is 127. The number of hydrogen-bond donors (Lipinski definition) is 1. The van der Waals surface area contributed by atoms with Crippen molar-refractivity contribution in [2.75, 3.05) is 53.0 Å². The molecule has 140 valence electrons. The van der Waals surface area contributed by atoms with Crippen molar-refractivity contribution in [3.05, 3.63) is 0 Å². The van der Waals surface area contributed by atoms with E-state index in [9.17, 15) is 0 Å². The summed E-state index contributed by atoms with van der Waals surface area (Å²) in [6.45, 7) is 16.9. The monoisotopic (exact) mass is 450 g/mol. The Morgan fingerprint density at radius 1 is 1.12 bits per heavy atom. The van der Waals surface area contributed by atoms with Gasteiger partial charge in [0.05, 0.1) is 6.61 Å². The number of ether oxygens (including phenoxy) is 1. The number of guanidine groups is 1. The highest BCUT2D eigenvalue weighted by Crippen LogP contribution is 2.62. The van der Waals surface area contributed by atoms with Crippen molar-refractivity contribution in [2.45, 2.75) is 40.2 Å². The van der Waals surface area contributed by atoms with Crippen LogP contribution in [0.3, 0.4) is 0 Å². The number of halogens is 1. The predicted octanol–water partition coefficient (Wildman–Crippen LogP) is 2.27. The Kier molecular flexibility index (Phi) is 6.46. The van der Waals surface area contributed by atoms with Crippen molar-refractivity contribution in [1.29, 1.82) is 0 Å². The standard InChI is InChI=1S/C18H34N4O.HI/c1-17(2)15(18(17,3)4)20-16(19-5)22-9-7-21(8-10-22)12-14-6-11-23-13-14;/h14-15H,6-13H2,1-5H3,(H,19,20);1H. The first-order valence-corrected chi connectivity index (χ1v) is 9.14. The Morgan fingerprint density at radius 3 is 2.21 bits per heavy atom. The van der Waals surface area contributed by atoms with E-state index in [0.29, 0.717) is 16.9 Å². The summed E-state index contributed by atoms with van der Waals surface area (Å²) in [5.74, 6) is 1.82. The minimum atomic E-state index is 0. The molecule has 0 radical (unpaired) electrons. The SMILES string of the molecule is CN=C(NC1C(C)(C)C1(C)C)N1CCN(CC2CCOC2)CC1.I. The highest BCUT2D eigenvalue weighted by molar-refractivity contribution is 14.0. The van der Waals surface area contributed by atoms with E-state index in [0.717, 1.165) is 51.3 Å². The van der Waals surface area contributed by atoms with Crippen LogP contribution in [0.4, 0.5) is 0 Å². The summed E-state index contributed by atoms with van der Waals surface area (Å²) in [6, 6.07) is 0.516. The minimum absolute atomic E-state index is 0. The summed E-state index contributed by atoms with van der Waals surface area (Å²) in [7, 11) is 1.91. The molecule has 0 aromatic carbocycles. The highest BCUT2D eigenvalue weighted by Gasteiger charge is 2.65. The van der Waals surface area contributed by atoms with Gasteiger partial charge in [-0.25, -0.2) is 0 Å². The number of piperazine rings is 1. The number of nitrogens with zero attached hydrogens (tertiary/aromatic N) is 3. The van der Waals surface area contributed by atoms with E-state index >= 15 is 0 Å². The summed E-state index contributed by atoms with van der Waals surface area (Å²) in [4.78, 5) is 9.56. The molecule has 0 bridgehead atoms. The zero-order chi connectivity index (χ0) is 16.7. The van der Waals surface area contributed by atoms with Crippen LogP contribution in [0.5, 0.6) is 0 Å². The Balaban J connectivity index is 0.00000208. The summed E-state index contributed by atoms with van der Waals surface area (Å²) in [5, 5.41) is 3.72. The van der Waals surface area contributed by atoms with Crippen molar-refractivity contribution in [2.24, 2.45) is 21.7 Å². The van der Waals surface area contributed by atoms with Gasteiger partial charge in [0.2, 0.25) is 0 Å². The topological polar surface area (TPSA) is 40.1 Å². The third kappa shape index (κ3) is 3.85. The predicted molar refractivity (Wildman–Crippen MR) is 110 cm³/mol. The smallest absolute Gasteiger partial charge is 0.193 e. The average Bonchev–Trinajstić information content (AvgIpc) is 2.91. The van der Waals surface area contributed by atoms with E-state index in [1.807, 2.05) is 7.05 Å². The maximum Gasteiger partial charge on any atom is 0.193 e. The molecule has 1 N–H and O–H groups in total. The second kappa shape index (κ2) is 7.66. The van der Waals surface area contributed by atoms with Crippen LogP contribution < -0.4 is 5.32 Å². The summed E-state index contributed by atoms with van der Waals surface area (Å²) in [6.07, 6.45) is 1.23. The first-order chi connectivity index (χ1) is 10.9. The van der Waals surface area contributed by atoms with E-state index in [2.05, 4.69) is 47.8 Å². The van der Waals surface area contributed by atoms with Gasteiger partial charge in [-0.15, -0.1) is 24.0 Å². The van der Waals surface area contributed by atoms with Crippen LogP contribution in [0.2, 0.25) is 0 Å². The second-order valence-corrected chi connectivity index (χ2v) is 8.59. The summed E-state index contributed by atoms with van der Waals surface area (Å²) in [5.41, 5.74) is 0.681. The number of aliphatic imine (C=N–C) groups is 1. The first kappa shape index (κ1) is 20.2. The van der Waals surface area contributed by atoms with Crippen molar-refractivity contribution in [3.8, 4) is 0 Å².